The van der Waals surface area contributed by atoms with Crippen molar-refractivity contribution in [1.82, 2.24) is 15.1 Å². The Morgan fingerprint density at radius 3 is 2.69 bits per heavy atom. The van der Waals surface area contributed by atoms with E-state index in [0.717, 1.165) is 18.5 Å². The van der Waals surface area contributed by atoms with Gasteiger partial charge in [-0.05, 0) is 56.2 Å². The molecule has 3 amide bonds. The Morgan fingerprint density at radius 1 is 1.07 bits per heavy atom. The number of benzene rings is 1. The number of fused-ring (bicyclic) bond motifs is 2. The molecule has 1 saturated carbocycles. The number of nitrogens with one attached hydrogen (secondary N) is 1. The molecule has 3 fully saturated rings. The number of ether oxygens (including phenoxy) is 2. The molecular weight excluding hydrogens is 370 g/mol. The summed E-state index contributed by atoms with van der Waals surface area (Å²) in [4.78, 5) is 29.9. The highest BCUT2D eigenvalue weighted by Gasteiger charge is 2.50. The van der Waals surface area contributed by atoms with Gasteiger partial charge in [0.1, 0.15) is 18.8 Å². The third kappa shape index (κ3) is 3.16. The molecular formula is C22H29N3O4. The second kappa shape index (κ2) is 7.20. The van der Waals surface area contributed by atoms with Crippen molar-refractivity contribution < 1.29 is 19.1 Å². The summed E-state index contributed by atoms with van der Waals surface area (Å²) in [6.07, 6.45) is 7.41. The molecule has 0 radical (unpaired) electrons. The Kier molecular flexibility index (Phi) is 4.65. The first-order valence-electron chi connectivity index (χ1n) is 10.8. The van der Waals surface area contributed by atoms with E-state index in [-0.39, 0.29) is 11.9 Å². The second-order valence-electron chi connectivity index (χ2n) is 8.85. The van der Waals surface area contributed by atoms with Crippen LogP contribution in [0.25, 0.3) is 0 Å². The number of rotatable bonds is 3. The highest BCUT2D eigenvalue weighted by molar-refractivity contribution is 6.07. The van der Waals surface area contributed by atoms with Crippen molar-refractivity contribution in [2.45, 2.75) is 57.0 Å². The molecule has 3 atom stereocenters. The maximum atomic E-state index is 13.4. The fourth-order valence-electron chi connectivity index (χ4n) is 5.46. The Bertz CT molecular complexity index is 826. The van der Waals surface area contributed by atoms with Gasteiger partial charge in [0.25, 0.3) is 5.91 Å². The number of piperidine rings is 1. The first kappa shape index (κ1) is 18.7. The highest BCUT2D eigenvalue weighted by atomic mass is 16.6. The van der Waals surface area contributed by atoms with Crippen LogP contribution in [-0.2, 0) is 10.3 Å². The molecule has 5 rings (SSSR count). The third-order valence-corrected chi connectivity index (χ3v) is 7.08. The summed E-state index contributed by atoms with van der Waals surface area (Å²) in [5, 5.41) is 2.93. The molecule has 3 heterocycles. The lowest BCUT2D eigenvalue weighted by Crippen LogP contribution is -2.52. The van der Waals surface area contributed by atoms with Gasteiger partial charge in [-0.25, -0.2) is 9.69 Å². The quantitative estimate of drug-likeness (QED) is 0.792. The van der Waals surface area contributed by atoms with E-state index in [1.807, 2.05) is 18.2 Å². The van der Waals surface area contributed by atoms with Crippen LogP contribution in [0.1, 0.15) is 51.0 Å². The molecule has 3 aliphatic heterocycles. The number of hydrogen-bond donors (Lipinski definition) is 1. The molecule has 29 heavy (non-hydrogen) atoms. The Balaban J connectivity index is 1.36. The number of likely N-dealkylation sites (tertiary alicyclic amines) is 1. The van der Waals surface area contributed by atoms with E-state index in [0.29, 0.717) is 43.3 Å². The Hall–Kier alpha value is -2.28. The zero-order valence-electron chi connectivity index (χ0n) is 17.0. The van der Waals surface area contributed by atoms with E-state index < -0.39 is 5.54 Å². The summed E-state index contributed by atoms with van der Waals surface area (Å²) in [5.41, 5.74) is -0.369. The summed E-state index contributed by atoms with van der Waals surface area (Å²) >= 11 is 0. The van der Waals surface area contributed by atoms with Crippen LogP contribution >= 0.6 is 0 Å². The molecule has 2 saturated heterocycles. The van der Waals surface area contributed by atoms with Crippen molar-refractivity contribution in [3.05, 3.63) is 23.8 Å². The number of carbonyl (C=O) groups is 2. The largest absolute Gasteiger partial charge is 0.486 e. The van der Waals surface area contributed by atoms with Gasteiger partial charge in [0.05, 0.1) is 6.67 Å². The van der Waals surface area contributed by atoms with Crippen LogP contribution in [0.3, 0.4) is 0 Å². The van der Waals surface area contributed by atoms with Crippen LogP contribution in [0.2, 0.25) is 0 Å². The number of imide groups is 1. The number of nitrogens with zero attached hydrogens (tertiary/aromatic N) is 2. The SMILES string of the molecule is CC1(c2ccc3c(c2)OCCO3)NC(=O)N(CN2CCCC3CCCCC32)C1=O. The van der Waals surface area contributed by atoms with Crippen molar-refractivity contribution in [2.75, 3.05) is 26.4 Å². The van der Waals surface area contributed by atoms with Crippen LogP contribution in [-0.4, -0.2) is 54.2 Å². The molecule has 0 spiro atoms. The maximum absolute atomic E-state index is 13.4. The molecule has 0 bridgehead atoms. The minimum atomic E-state index is -1.09. The Labute approximate surface area is 171 Å². The topological polar surface area (TPSA) is 71.1 Å². The number of urea groups is 1. The zero-order valence-corrected chi connectivity index (χ0v) is 17.0. The van der Waals surface area contributed by atoms with Crippen LogP contribution in [0.4, 0.5) is 4.79 Å². The Morgan fingerprint density at radius 2 is 1.83 bits per heavy atom. The van der Waals surface area contributed by atoms with Crippen LogP contribution in [0.5, 0.6) is 11.5 Å². The summed E-state index contributed by atoms with van der Waals surface area (Å²) in [6, 6.07) is 5.65. The fraction of sp³-hybridized carbons (Fsp3) is 0.636. The summed E-state index contributed by atoms with van der Waals surface area (Å²) < 4.78 is 11.2. The van der Waals surface area contributed by atoms with Gasteiger partial charge in [-0.1, -0.05) is 18.9 Å². The predicted molar refractivity (Wildman–Crippen MR) is 107 cm³/mol. The highest BCUT2D eigenvalue weighted by Crippen LogP contribution is 2.38. The minimum absolute atomic E-state index is 0.197. The molecule has 1 N–H and O–H groups in total. The maximum Gasteiger partial charge on any atom is 0.326 e. The van der Waals surface area contributed by atoms with Gasteiger partial charge in [0.15, 0.2) is 11.5 Å². The van der Waals surface area contributed by atoms with E-state index in [4.69, 9.17) is 9.47 Å². The fourth-order valence-corrected chi connectivity index (χ4v) is 5.46. The van der Waals surface area contributed by atoms with Crippen LogP contribution in [0, 0.1) is 5.92 Å². The summed E-state index contributed by atoms with van der Waals surface area (Å²) in [6.45, 7) is 4.12. The molecule has 7 nitrogen and oxygen atoms in total. The average Bonchev–Trinajstić information content (AvgIpc) is 2.97. The summed E-state index contributed by atoms with van der Waals surface area (Å²) in [5.74, 6) is 1.81. The lowest BCUT2D eigenvalue weighted by Gasteiger charge is -2.45. The molecule has 0 aromatic heterocycles. The number of carbonyl (C=O) groups excluding carboxylic acids is 2. The molecule has 3 unspecified atom stereocenters. The minimum Gasteiger partial charge on any atom is -0.486 e. The standard InChI is InChI=1S/C22H29N3O4/c1-22(16-8-9-18-19(13-16)29-12-11-28-18)20(26)25(21(27)23-22)14-24-10-4-6-15-5-2-3-7-17(15)24/h8-9,13,15,17H,2-7,10-12,14H2,1H3,(H,23,27). The van der Waals surface area contributed by atoms with Gasteiger partial charge in [-0.15, -0.1) is 0 Å². The van der Waals surface area contributed by atoms with Gasteiger partial charge in [0.2, 0.25) is 0 Å². The lowest BCUT2D eigenvalue weighted by atomic mass is 9.78. The van der Waals surface area contributed by atoms with Crippen LogP contribution in [0.15, 0.2) is 18.2 Å². The van der Waals surface area contributed by atoms with Crippen molar-refractivity contribution in [2.24, 2.45) is 5.92 Å². The zero-order chi connectivity index (χ0) is 20.0. The van der Waals surface area contributed by atoms with Gasteiger partial charge in [-0.2, -0.15) is 0 Å². The first-order chi connectivity index (χ1) is 14.1. The number of hydrogen-bond acceptors (Lipinski definition) is 5. The van der Waals surface area contributed by atoms with Gasteiger partial charge < -0.3 is 14.8 Å². The molecule has 4 aliphatic rings. The van der Waals surface area contributed by atoms with Crippen molar-refractivity contribution in [3.63, 3.8) is 0 Å². The summed E-state index contributed by atoms with van der Waals surface area (Å²) in [7, 11) is 0. The van der Waals surface area contributed by atoms with Gasteiger partial charge in [-0.3, -0.25) is 9.69 Å². The van der Waals surface area contributed by atoms with Crippen molar-refractivity contribution in [3.8, 4) is 11.5 Å². The van der Waals surface area contributed by atoms with Gasteiger partial charge >= 0.3 is 6.03 Å². The van der Waals surface area contributed by atoms with Crippen molar-refractivity contribution in [1.29, 1.82) is 0 Å². The molecule has 1 aliphatic carbocycles. The average molecular weight is 399 g/mol. The van der Waals surface area contributed by atoms with Crippen LogP contribution < -0.4 is 14.8 Å². The number of amides is 3. The molecule has 1 aromatic carbocycles. The molecule has 156 valence electrons. The van der Waals surface area contributed by atoms with E-state index in [9.17, 15) is 9.59 Å². The van der Waals surface area contributed by atoms with E-state index in [2.05, 4.69) is 10.2 Å². The van der Waals surface area contributed by atoms with Gasteiger partial charge in [0, 0.05) is 12.6 Å². The second-order valence-corrected chi connectivity index (χ2v) is 8.85. The van der Waals surface area contributed by atoms with Crippen molar-refractivity contribution >= 4 is 11.9 Å². The van der Waals surface area contributed by atoms with E-state index >= 15 is 0 Å². The van der Waals surface area contributed by atoms with E-state index in [1.54, 1.807) is 6.92 Å². The molecule has 1 aromatic rings. The smallest absolute Gasteiger partial charge is 0.326 e. The molecule has 7 heteroatoms. The lowest BCUT2D eigenvalue weighted by molar-refractivity contribution is -0.133. The monoisotopic (exact) mass is 399 g/mol. The third-order valence-electron chi connectivity index (χ3n) is 7.08. The normalized spacial score (nSPS) is 32.1. The first-order valence-corrected chi connectivity index (χ1v) is 10.8. The van der Waals surface area contributed by atoms with E-state index in [1.165, 1.54) is 37.0 Å². The predicted octanol–water partition coefficient (Wildman–Crippen LogP) is 2.84.